The predicted octanol–water partition coefficient (Wildman–Crippen LogP) is 4.82. The third kappa shape index (κ3) is 3.40. The van der Waals surface area contributed by atoms with Gasteiger partial charge in [-0.1, -0.05) is 42.0 Å². The van der Waals surface area contributed by atoms with Crippen LogP contribution in [0.3, 0.4) is 0 Å². The van der Waals surface area contributed by atoms with Crippen LogP contribution < -0.4 is 0 Å². The first kappa shape index (κ1) is 16.1. The number of carbonyl (C=O) groups is 1. The Morgan fingerprint density at radius 3 is 2.62 bits per heavy atom. The summed E-state index contributed by atoms with van der Waals surface area (Å²) in [7, 11) is 0. The summed E-state index contributed by atoms with van der Waals surface area (Å²) in [6, 6.07) is 19.2. The quantitative estimate of drug-likeness (QED) is 0.685. The van der Waals surface area contributed by atoms with Crippen molar-refractivity contribution in [2.24, 2.45) is 0 Å². The van der Waals surface area contributed by atoms with E-state index in [-0.39, 0.29) is 6.04 Å². The number of hydrogen-bond donors (Lipinski definition) is 1. The highest BCUT2D eigenvalue weighted by molar-refractivity contribution is 5.82. The number of benzene rings is 2. The smallest absolute Gasteiger partial charge is 0.328 e. The van der Waals surface area contributed by atoms with Gasteiger partial charge in [-0.3, -0.25) is 0 Å². The van der Waals surface area contributed by atoms with Crippen molar-refractivity contribution in [3.8, 4) is 0 Å². The SMILES string of the molecule is CC(=CC(=O)O)Cc1ccc2c(ccn2C(C)c2ccccc2)c1. The van der Waals surface area contributed by atoms with Gasteiger partial charge in [-0.2, -0.15) is 0 Å². The molecule has 0 spiro atoms. The number of fused-ring (bicyclic) bond motifs is 1. The lowest BCUT2D eigenvalue weighted by molar-refractivity contribution is -0.131. The summed E-state index contributed by atoms with van der Waals surface area (Å²) < 4.78 is 2.27. The average molecular weight is 319 g/mol. The molecule has 1 aromatic heterocycles. The molecule has 0 aliphatic carbocycles. The summed E-state index contributed by atoms with van der Waals surface area (Å²) in [5, 5.41) is 10.0. The first-order valence-electron chi connectivity index (χ1n) is 8.09. The maximum atomic E-state index is 10.7. The number of aliphatic carboxylic acids is 1. The molecule has 0 radical (unpaired) electrons. The Hall–Kier alpha value is -2.81. The second-order valence-corrected chi connectivity index (χ2v) is 6.21. The zero-order chi connectivity index (χ0) is 17.1. The maximum Gasteiger partial charge on any atom is 0.328 e. The van der Waals surface area contributed by atoms with Gasteiger partial charge in [0.2, 0.25) is 0 Å². The van der Waals surface area contributed by atoms with Crippen molar-refractivity contribution in [1.29, 1.82) is 0 Å². The maximum absolute atomic E-state index is 10.7. The Bertz CT molecular complexity index is 891. The van der Waals surface area contributed by atoms with E-state index < -0.39 is 5.97 Å². The van der Waals surface area contributed by atoms with Gasteiger partial charge in [0, 0.05) is 17.8 Å². The van der Waals surface area contributed by atoms with E-state index in [1.54, 1.807) is 0 Å². The summed E-state index contributed by atoms with van der Waals surface area (Å²) in [6.07, 6.45) is 4.04. The molecule has 1 unspecified atom stereocenters. The first-order chi connectivity index (χ1) is 11.5. The zero-order valence-corrected chi connectivity index (χ0v) is 13.9. The third-order valence-electron chi connectivity index (χ3n) is 4.34. The average Bonchev–Trinajstić information content (AvgIpc) is 2.97. The minimum atomic E-state index is -0.892. The number of carboxylic acids is 1. The standard InChI is InChI=1S/C21H21NO2/c1-15(13-21(23)24)12-17-8-9-20-19(14-17)10-11-22(20)16(2)18-6-4-3-5-7-18/h3-11,13-14,16H,12H2,1-2H3,(H,23,24). The van der Waals surface area contributed by atoms with Crippen LogP contribution in [-0.2, 0) is 11.2 Å². The molecule has 0 fully saturated rings. The molecule has 2 aromatic carbocycles. The Labute approximate surface area is 141 Å². The molecular weight excluding hydrogens is 298 g/mol. The molecule has 0 aliphatic rings. The van der Waals surface area contributed by atoms with Crippen LogP contribution in [0, 0.1) is 0 Å². The van der Waals surface area contributed by atoms with Gasteiger partial charge in [0.05, 0.1) is 6.04 Å². The van der Waals surface area contributed by atoms with Crippen molar-refractivity contribution in [3.05, 3.63) is 83.6 Å². The van der Waals surface area contributed by atoms with Crippen LogP contribution in [0.15, 0.2) is 72.4 Å². The fourth-order valence-corrected chi connectivity index (χ4v) is 3.14. The highest BCUT2D eigenvalue weighted by atomic mass is 16.4. The molecule has 3 aromatic rings. The van der Waals surface area contributed by atoms with Crippen LogP contribution in [0.25, 0.3) is 10.9 Å². The Morgan fingerprint density at radius 2 is 1.92 bits per heavy atom. The predicted molar refractivity (Wildman–Crippen MR) is 97.3 cm³/mol. The monoisotopic (exact) mass is 319 g/mol. The lowest BCUT2D eigenvalue weighted by Gasteiger charge is -2.16. The van der Waals surface area contributed by atoms with Gasteiger partial charge in [-0.15, -0.1) is 0 Å². The number of allylic oxidation sites excluding steroid dienone is 1. The normalized spacial score (nSPS) is 13.2. The summed E-state index contributed by atoms with van der Waals surface area (Å²) in [5.41, 5.74) is 4.44. The molecule has 1 atom stereocenters. The van der Waals surface area contributed by atoms with E-state index in [0.717, 1.165) is 11.1 Å². The largest absolute Gasteiger partial charge is 0.478 e. The van der Waals surface area contributed by atoms with Gasteiger partial charge in [-0.05, 0) is 55.0 Å². The first-order valence-corrected chi connectivity index (χ1v) is 8.09. The zero-order valence-electron chi connectivity index (χ0n) is 13.9. The summed E-state index contributed by atoms with van der Waals surface area (Å²) in [5.74, 6) is -0.892. The van der Waals surface area contributed by atoms with Crippen molar-refractivity contribution in [2.45, 2.75) is 26.3 Å². The van der Waals surface area contributed by atoms with Crippen molar-refractivity contribution in [3.63, 3.8) is 0 Å². The Balaban J connectivity index is 1.90. The van der Waals surface area contributed by atoms with E-state index in [4.69, 9.17) is 5.11 Å². The van der Waals surface area contributed by atoms with Crippen LogP contribution in [0.2, 0.25) is 0 Å². The molecule has 3 heteroatoms. The van der Waals surface area contributed by atoms with Crippen molar-refractivity contribution >= 4 is 16.9 Å². The van der Waals surface area contributed by atoms with Crippen molar-refractivity contribution < 1.29 is 9.90 Å². The molecule has 0 amide bonds. The number of nitrogens with zero attached hydrogens (tertiary/aromatic N) is 1. The molecule has 24 heavy (non-hydrogen) atoms. The minimum Gasteiger partial charge on any atom is -0.478 e. The lowest BCUT2D eigenvalue weighted by Crippen LogP contribution is -2.05. The topological polar surface area (TPSA) is 42.2 Å². The molecule has 1 heterocycles. The fraction of sp³-hybridized carbons (Fsp3) is 0.190. The Kier molecular flexibility index (Phi) is 4.52. The second kappa shape index (κ2) is 6.75. The minimum absolute atomic E-state index is 0.267. The van der Waals surface area contributed by atoms with Gasteiger partial charge >= 0.3 is 5.97 Å². The molecule has 122 valence electrons. The third-order valence-corrected chi connectivity index (χ3v) is 4.34. The molecule has 0 aliphatic heterocycles. The van der Waals surface area contributed by atoms with Crippen LogP contribution in [0.5, 0.6) is 0 Å². The lowest BCUT2D eigenvalue weighted by atomic mass is 10.0. The van der Waals surface area contributed by atoms with Gasteiger partial charge in [-0.25, -0.2) is 4.79 Å². The van der Waals surface area contributed by atoms with Crippen LogP contribution in [-0.4, -0.2) is 15.6 Å². The van der Waals surface area contributed by atoms with E-state index in [2.05, 4.69) is 66.2 Å². The van der Waals surface area contributed by atoms with Crippen molar-refractivity contribution in [2.75, 3.05) is 0 Å². The van der Waals surface area contributed by atoms with E-state index >= 15 is 0 Å². The highest BCUT2D eigenvalue weighted by Gasteiger charge is 2.10. The molecule has 3 rings (SSSR count). The van der Waals surface area contributed by atoms with Gasteiger partial charge in [0.25, 0.3) is 0 Å². The molecule has 1 N–H and O–H groups in total. The molecule has 0 saturated heterocycles. The second-order valence-electron chi connectivity index (χ2n) is 6.21. The van der Waals surface area contributed by atoms with Crippen LogP contribution in [0.1, 0.15) is 31.0 Å². The number of aromatic nitrogens is 1. The fourth-order valence-electron chi connectivity index (χ4n) is 3.14. The summed E-state index contributed by atoms with van der Waals surface area (Å²) >= 11 is 0. The number of carboxylic acid groups (broad SMARTS) is 1. The van der Waals surface area contributed by atoms with Gasteiger partial charge < -0.3 is 9.67 Å². The molecule has 0 bridgehead atoms. The molecular formula is C21H21NO2. The van der Waals surface area contributed by atoms with E-state index in [0.29, 0.717) is 6.42 Å². The summed E-state index contributed by atoms with van der Waals surface area (Å²) in [6.45, 7) is 4.05. The molecule has 0 saturated carbocycles. The Morgan fingerprint density at radius 1 is 1.17 bits per heavy atom. The van der Waals surface area contributed by atoms with E-state index in [1.807, 2.05) is 13.0 Å². The van der Waals surface area contributed by atoms with Gasteiger partial charge in [0.1, 0.15) is 0 Å². The number of rotatable bonds is 5. The summed E-state index contributed by atoms with van der Waals surface area (Å²) in [4.78, 5) is 10.7. The van der Waals surface area contributed by atoms with Crippen LogP contribution >= 0.6 is 0 Å². The van der Waals surface area contributed by atoms with Gasteiger partial charge in [0.15, 0.2) is 0 Å². The van der Waals surface area contributed by atoms with Crippen molar-refractivity contribution in [1.82, 2.24) is 4.57 Å². The van der Waals surface area contributed by atoms with E-state index in [1.165, 1.54) is 22.5 Å². The number of hydrogen-bond acceptors (Lipinski definition) is 1. The van der Waals surface area contributed by atoms with Crippen LogP contribution in [0.4, 0.5) is 0 Å². The molecule has 3 nitrogen and oxygen atoms in total. The van der Waals surface area contributed by atoms with E-state index in [9.17, 15) is 4.79 Å². The highest BCUT2D eigenvalue weighted by Crippen LogP contribution is 2.26.